The molecule has 1 unspecified atom stereocenters. The van der Waals surface area contributed by atoms with Gasteiger partial charge in [-0.05, 0) is 49.9 Å². The number of halogens is 1. The summed E-state index contributed by atoms with van der Waals surface area (Å²) in [5, 5.41) is 0.618. The number of aromatic nitrogens is 2. The molecule has 0 saturated heterocycles. The highest BCUT2D eigenvalue weighted by Gasteiger charge is 2.23. The van der Waals surface area contributed by atoms with Gasteiger partial charge < -0.3 is 9.30 Å². The average Bonchev–Trinajstić information content (AvgIpc) is 3.12. The van der Waals surface area contributed by atoms with E-state index in [0.717, 1.165) is 68.1 Å². The topological polar surface area (TPSA) is 30.3 Å². The van der Waals surface area contributed by atoms with Crippen LogP contribution in [0.4, 0.5) is 0 Å². The molecule has 33 heavy (non-hydrogen) atoms. The molecule has 0 N–H and O–H groups in total. The number of hydrogen-bond acceptors (Lipinski definition) is 3. The number of hydrogen-bond donors (Lipinski definition) is 0. The van der Waals surface area contributed by atoms with Gasteiger partial charge in [-0.1, -0.05) is 74.7 Å². The molecule has 2 aromatic carbocycles. The second-order valence-corrected chi connectivity index (χ2v) is 9.24. The van der Waals surface area contributed by atoms with Crippen molar-refractivity contribution in [1.82, 2.24) is 14.5 Å². The van der Waals surface area contributed by atoms with Gasteiger partial charge in [0.25, 0.3) is 0 Å². The molecule has 0 radical (unpaired) electrons. The van der Waals surface area contributed by atoms with Crippen LogP contribution in [-0.4, -0.2) is 27.6 Å². The van der Waals surface area contributed by atoms with Crippen LogP contribution in [0.2, 0.25) is 5.15 Å². The van der Waals surface area contributed by atoms with E-state index in [9.17, 15) is 0 Å². The molecule has 5 heteroatoms. The van der Waals surface area contributed by atoms with Gasteiger partial charge in [0.15, 0.2) is 5.15 Å². The lowest BCUT2D eigenvalue weighted by Gasteiger charge is -2.30. The minimum Gasteiger partial charge on any atom is -0.497 e. The minimum atomic E-state index is 0.435. The van der Waals surface area contributed by atoms with E-state index in [2.05, 4.69) is 73.6 Å². The van der Waals surface area contributed by atoms with Crippen molar-refractivity contribution >= 4 is 11.6 Å². The second kappa shape index (κ2) is 12.2. The summed E-state index contributed by atoms with van der Waals surface area (Å²) in [7, 11) is 1.70. The van der Waals surface area contributed by atoms with Crippen LogP contribution < -0.4 is 4.74 Å². The Morgan fingerprint density at radius 1 is 1.03 bits per heavy atom. The van der Waals surface area contributed by atoms with Gasteiger partial charge >= 0.3 is 0 Å². The Balaban J connectivity index is 1.97. The summed E-state index contributed by atoms with van der Waals surface area (Å²) in [5.74, 6) is 1.87. The highest BCUT2D eigenvalue weighted by molar-refractivity contribution is 6.30. The summed E-state index contributed by atoms with van der Waals surface area (Å²) in [4.78, 5) is 7.39. The van der Waals surface area contributed by atoms with Crippen molar-refractivity contribution in [1.29, 1.82) is 0 Å². The second-order valence-electron chi connectivity index (χ2n) is 8.88. The summed E-state index contributed by atoms with van der Waals surface area (Å²) in [5.41, 5.74) is 4.76. The molecule has 0 aliphatic carbocycles. The van der Waals surface area contributed by atoms with Crippen LogP contribution in [0.3, 0.4) is 0 Å². The van der Waals surface area contributed by atoms with Gasteiger partial charge in [-0.25, -0.2) is 4.98 Å². The van der Waals surface area contributed by atoms with E-state index in [1.165, 1.54) is 11.1 Å². The van der Waals surface area contributed by atoms with Crippen molar-refractivity contribution in [3.63, 3.8) is 0 Å². The normalized spacial score (nSPS) is 12.3. The summed E-state index contributed by atoms with van der Waals surface area (Å²) >= 11 is 6.82. The third-order valence-electron chi connectivity index (χ3n) is 6.37. The van der Waals surface area contributed by atoms with Crippen LogP contribution in [0.15, 0.2) is 48.5 Å². The number of rotatable bonds is 12. The van der Waals surface area contributed by atoms with Crippen molar-refractivity contribution < 1.29 is 4.74 Å². The standard InChI is InChI=1S/C28H38ClN3O/c1-6-8-18-32-26(27(29)30-28(32)25-13-10-9-12-21(25)3)20-31(22(4)11-7-2)19-23-14-16-24(33-5)17-15-23/h9-10,12-17,22H,6-8,11,18-20H2,1-5H3. The molecule has 0 aliphatic rings. The number of imidazole rings is 1. The first-order chi connectivity index (χ1) is 16.0. The molecule has 1 heterocycles. The van der Waals surface area contributed by atoms with Crippen molar-refractivity contribution in [3.05, 3.63) is 70.5 Å². The SMILES string of the molecule is CCCCn1c(-c2ccccc2C)nc(Cl)c1CN(Cc1ccc(OC)cc1)C(C)CCC. The minimum absolute atomic E-state index is 0.435. The lowest BCUT2D eigenvalue weighted by atomic mass is 10.1. The van der Waals surface area contributed by atoms with Gasteiger partial charge in [-0.15, -0.1) is 0 Å². The Labute approximate surface area is 204 Å². The Kier molecular flexibility index (Phi) is 9.40. The summed E-state index contributed by atoms with van der Waals surface area (Å²) in [6, 6.07) is 17.2. The molecular weight excluding hydrogens is 430 g/mol. The van der Waals surface area contributed by atoms with E-state index in [4.69, 9.17) is 21.3 Å². The molecule has 0 saturated carbocycles. The molecule has 0 bridgehead atoms. The third-order valence-corrected chi connectivity index (χ3v) is 6.67. The van der Waals surface area contributed by atoms with E-state index in [1.54, 1.807) is 7.11 Å². The number of benzene rings is 2. The first-order valence-electron chi connectivity index (χ1n) is 12.2. The van der Waals surface area contributed by atoms with E-state index in [-0.39, 0.29) is 0 Å². The molecule has 0 spiro atoms. The zero-order chi connectivity index (χ0) is 23.8. The highest BCUT2D eigenvalue weighted by Crippen LogP contribution is 2.30. The van der Waals surface area contributed by atoms with Crippen LogP contribution in [-0.2, 0) is 19.6 Å². The van der Waals surface area contributed by atoms with Gasteiger partial charge in [0.05, 0.1) is 12.8 Å². The highest BCUT2D eigenvalue weighted by atomic mass is 35.5. The first kappa shape index (κ1) is 25.3. The van der Waals surface area contributed by atoms with Crippen molar-refractivity contribution in [2.75, 3.05) is 7.11 Å². The fraction of sp³-hybridized carbons (Fsp3) is 0.464. The van der Waals surface area contributed by atoms with Gasteiger partial charge in [0, 0.05) is 31.2 Å². The molecule has 3 rings (SSSR count). The van der Waals surface area contributed by atoms with Crippen molar-refractivity contribution in [2.45, 2.75) is 79.1 Å². The number of nitrogens with zero attached hydrogens (tertiary/aromatic N) is 3. The smallest absolute Gasteiger partial charge is 0.152 e. The van der Waals surface area contributed by atoms with E-state index >= 15 is 0 Å². The molecule has 0 aliphatic heterocycles. The summed E-state index contributed by atoms with van der Waals surface area (Å²) in [6.07, 6.45) is 4.52. The van der Waals surface area contributed by atoms with Crippen LogP contribution in [0.1, 0.15) is 63.3 Å². The molecule has 1 atom stereocenters. The van der Waals surface area contributed by atoms with Crippen LogP contribution in [0, 0.1) is 6.92 Å². The molecule has 1 aromatic heterocycles. The van der Waals surface area contributed by atoms with Crippen LogP contribution >= 0.6 is 11.6 Å². The monoisotopic (exact) mass is 467 g/mol. The molecule has 178 valence electrons. The Bertz CT molecular complexity index is 1010. The fourth-order valence-electron chi connectivity index (χ4n) is 4.32. The first-order valence-corrected chi connectivity index (χ1v) is 12.5. The molecule has 0 amide bonds. The quantitative estimate of drug-likeness (QED) is 0.276. The van der Waals surface area contributed by atoms with Gasteiger partial charge in [0.2, 0.25) is 0 Å². The van der Waals surface area contributed by atoms with E-state index in [0.29, 0.717) is 11.2 Å². The summed E-state index contributed by atoms with van der Waals surface area (Å²) < 4.78 is 7.69. The van der Waals surface area contributed by atoms with Crippen LogP contribution in [0.25, 0.3) is 11.4 Å². The van der Waals surface area contributed by atoms with Crippen molar-refractivity contribution in [2.24, 2.45) is 0 Å². The Hall–Kier alpha value is -2.30. The third kappa shape index (κ3) is 6.39. The zero-order valence-corrected chi connectivity index (χ0v) is 21.5. The molecular formula is C28H38ClN3O. The van der Waals surface area contributed by atoms with Crippen LogP contribution in [0.5, 0.6) is 5.75 Å². The Morgan fingerprint density at radius 3 is 2.39 bits per heavy atom. The number of aryl methyl sites for hydroxylation is 1. The molecule has 3 aromatic rings. The van der Waals surface area contributed by atoms with Gasteiger partial charge in [0.1, 0.15) is 11.6 Å². The maximum Gasteiger partial charge on any atom is 0.152 e. The fourth-order valence-corrected chi connectivity index (χ4v) is 4.56. The predicted molar refractivity (Wildman–Crippen MR) is 139 cm³/mol. The Morgan fingerprint density at radius 2 is 1.76 bits per heavy atom. The molecule has 4 nitrogen and oxygen atoms in total. The maximum absolute atomic E-state index is 6.82. The zero-order valence-electron chi connectivity index (χ0n) is 20.8. The lowest BCUT2D eigenvalue weighted by Crippen LogP contribution is -2.33. The number of unbranched alkanes of at least 4 members (excludes halogenated alkanes) is 1. The average molecular weight is 468 g/mol. The largest absolute Gasteiger partial charge is 0.497 e. The predicted octanol–water partition coefficient (Wildman–Crippen LogP) is 7.51. The molecule has 0 fully saturated rings. The summed E-state index contributed by atoms with van der Waals surface area (Å²) in [6.45, 7) is 11.5. The number of ether oxygens (including phenoxy) is 1. The van der Waals surface area contributed by atoms with E-state index in [1.807, 2.05) is 12.1 Å². The number of methoxy groups -OCH3 is 1. The van der Waals surface area contributed by atoms with E-state index < -0.39 is 0 Å². The van der Waals surface area contributed by atoms with Gasteiger partial charge in [-0.3, -0.25) is 4.90 Å². The van der Waals surface area contributed by atoms with Crippen molar-refractivity contribution in [3.8, 4) is 17.1 Å². The van der Waals surface area contributed by atoms with Gasteiger partial charge in [-0.2, -0.15) is 0 Å². The lowest BCUT2D eigenvalue weighted by molar-refractivity contribution is 0.176. The maximum atomic E-state index is 6.82.